The smallest absolute Gasteiger partial charge is 0.252 e. The lowest BCUT2D eigenvalue weighted by atomic mass is 10.2. The first kappa shape index (κ1) is 21.7. The Morgan fingerprint density at radius 1 is 1.24 bits per heavy atom. The van der Waals surface area contributed by atoms with Crippen molar-refractivity contribution >= 4 is 56.3 Å². The molecule has 0 saturated carbocycles. The summed E-state index contributed by atoms with van der Waals surface area (Å²) in [7, 11) is -2.41. The predicted octanol–water partition coefficient (Wildman–Crippen LogP) is 3.91. The van der Waals surface area contributed by atoms with E-state index in [9.17, 15) is 13.2 Å². The summed E-state index contributed by atoms with van der Waals surface area (Å²) in [5.74, 6) is -0.436. The molecular formula is C18H17ClN4O3S3. The molecule has 7 nitrogen and oxygen atoms in total. The number of aromatic nitrogens is 2. The molecule has 3 aromatic rings. The molecule has 0 radical (unpaired) electrons. The summed E-state index contributed by atoms with van der Waals surface area (Å²) in [4.78, 5) is 21.6. The summed E-state index contributed by atoms with van der Waals surface area (Å²) < 4.78 is 26.5. The van der Waals surface area contributed by atoms with Gasteiger partial charge in [0.2, 0.25) is 5.91 Å². The van der Waals surface area contributed by atoms with Crippen LogP contribution >= 0.6 is 34.7 Å². The van der Waals surface area contributed by atoms with Crippen LogP contribution in [0.15, 0.2) is 63.1 Å². The molecule has 0 aliphatic carbocycles. The lowest BCUT2D eigenvalue weighted by molar-refractivity contribution is -0.116. The number of sulfonamides is 1. The van der Waals surface area contributed by atoms with E-state index in [1.54, 1.807) is 24.5 Å². The highest BCUT2D eigenvalue weighted by Gasteiger charge is 2.24. The van der Waals surface area contributed by atoms with Crippen LogP contribution in [0.5, 0.6) is 0 Å². The van der Waals surface area contributed by atoms with E-state index in [0.29, 0.717) is 15.2 Å². The van der Waals surface area contributed by atoms with Crippen molar-refractivity contribution in [1.29, 1.82) is 0 Å². The summed E-state index contributed by atoms with van der Waals surface area (Å²) in [6.45, 7) is 1.55. The number of amides is 1. The van der Waals surface area contributed by atoms with Gasteiger partial charge in [-0.3, -0.25) is 4.79 Å². The van der Waals surface area contributed by atoms with Crippen LogP contribution in [0.25, 0.3) is 0 Å². The van der Waals surface area contributed by atoms with Gasteiger partial charge in [-0.15, -0.1) is 11.3 Å². The standard InChI is InChI=1S/C18H17ClN4O3S3/c1-12-10-13(27-18-20-8-3-9-21-18)4-5-14(12)22-16(24)11-23(2)29(25,26)17-7-6-15(19)28-17/h3-10H,11H2,1-2H3,(H,22,24). The highest BCUT2D eigenvalue weighted by molar-refractivity contribution is 7.99. The Bertz CT molecular complexity index is 1120. The molecule has 11 heteroatoms. The number of benzene rings is 1. The lowest BCUT2D eigenvalue weighted by Gasteiger charge is -2.16. The molecule has 0 unspecified atom stereocenters. The van der Waals surface area contributed by atoms with E-state index in [-0.39, 0.29) is 10.8 Å². The van der Waals surface area contributed by atoms with Crippen LogP contribution in [0.1, 0.15) is 5.56 Å². The van der Waals surface area contributed by atoms with Crippen molar-refractivity contribution in [3.63, 3.8) is 0 Å². The van der Waals surface area contributed by atoms with Crippen molar-refractivity contribution in [1.82, 2.24) is 14.3 Å². The van der Waals surface area contributed by atoms with Gasteiger partial charge in [0.1, 0.15) is 4.21 Å². The molecule has 1 N–H and O–H groups in total. The van der Waals surface area contributed by atoms with Crippen molar-refractivity contribution in [2.75, 3.05) is 18.9 Å². The molecule has 152 valence electrons. The van der Waals surface area contributed by atoms with Gasteiger partial charge in [0, 0.05) is 30.0 Å². The number of halogens is 1. The number of hydrogen-bond acceptors (Lipinski definition) is 7. The molecule has 0 aliphatic heterocycles. The number of nitrogens with one attached hydrogen (secondary N) is 1. The predicted molar refractivity (Wildman–Crippen MR) is 115 cm³/mol. The van der Waals surface area contributed by atoms with Crippen molar-refractivity contribution in [3.05, 3.63) is 58.7 Å². The van der Waals surface area contributed by atoms with Gasteiger partial charge in [0.15, 0.2) is 5.16 Å². The van der Waals surface area contributed by atoms with Crippen LogP contribution in [0.2, 0.25) is 4.34 Å². The number of rotatable bonds is 7. The molecule has 0 aliphatic rings. The molecule has 3 rings (SSSR count). The number of thiophene rings is 1. The maximum absolute atomic E-state index is 12.5. The second-order valence-electron chi connectivity index (χ2n) is 5.98. The molecule has 0 saturated heterocycles. The summed E-state index contributed by atoms with van der Waals surface area (Å²) >= 11 is 8.17. The molecule has 2 heterocycles. The number of nitrogens with zero attached hydrogens (tertiary/aromatic N) is 3. The zero-order valence-electron chi connectivity index (χ0n) is 15.5. The third kappa shape index (κ3) is 5.55. The molecule has 1 aromatic carbocycles. The van der Waals surface area contributed by atoms with E-state index in [4.69, 9.17) is 11.6 Å². The van der Waals surface area contributed by atoms with Gasteiger partial charge in [-0.2, -0.15) is 4.31 Å². The molecular weight excluding hydrogens is 452 g/mol. The monoisotopic (exact) mass is 468 g/mol. The van der Waals surface area contributed by atoms with E-state index < -0.39 is 15.9 Å². The van der Waals surface area contributed by atoms with Gasteiger partial charge >= 0.3 is 0 Å². The van der Waals surface area contributed by atoms with Crippen LogP contribution < -0.4 is 5.32 Å². The molecule has 0 atom stereocenters. The van der Waals surface area contributed by atoms with Crippen molar-refractivity contribution in [2.24, 2.45) is 0 Å². The highest BCUT2D eigenvalue weighted by Crippen LogP contribution is 2.29. The molecule has 29 heavy (non-hydrogen) atoms. The van der Waals surface area contributed by atoms with Crippen molar-refractivity contribution in [3.8, 4) is 0 Å². The van der Waals surface area contributed by atoms with Crippen LogP contribution in [-0.2, 0) is 14.8 Å². The van der Waals surface area contributed by atoms with Gasteiger partial charge in [-0.1, -0.05) is 11.6 Å². The minimum absolute atomic E-state index is 0.0958. The van der Waals surface area contributed by atoms with E-state index in [0.717, 1.165) is 26.1 Å². The molecule has 2 aromatic heterocycles. The largest absolute Gasteiger partial charge is 0.325 e. The van der Waals surface area contributed by atoms with Crippen LogP contribution in [0, 0.1) is 6.92 Å². The summed E-state index contributed by atoms with van der Waals surface area (Å²) in [5, 5.41) is 3.38. The van der Waals surface area contributed by atoms with E-state index in [1.807, 2.05) is 19.1 Å². The second-order valence-corrected chi connectivity index (χ2v) is 11.0. The van der Waals surface area contributed by atoms with Gasteiger partial charge in [-0.05, 0) is 60.6 Å². The van der Waals surface area contributed by atoms with Crippen LogP contribution in [0.4, 0.5) is 5.69 Å². The summed E-state index contributed by atoms with van der Waals surface area (Å²) in [6.07, 6.45) is 3.34. The van der Waals surface area contributed by atoms with Gasteiger partial charge < -0.3 is 5.32 Å². The number of anilines is 1. The third-order valence-corrected chi connectivity index (χ3v) is 8.19. The van der Waals surface area contributed by atoms with E-state index >= 15 is 0 Å². The average Bonchev–Trinajstić information content (AvgIpc) is 3.12. The zero-order chi connectivity index (χ0) is 21.0. The Hall–Kier alpha value is -1.98. The Kier molecular flexibility index (Phi) is 6.91. The topological polar surface area (TPSA) is 92.3 Å². The Morgan fingerprint density at radius 2 is 1.97 bits per heavy atom. The molecule has 1 amide bonds. The normalized spacial score (nSPS) is 11.6. The number of likely N-dealkylation sites (N-methyl/N-ethyl adjacent to an activating group) is 1. The van der Waals surface area contributed by atoms with Crippen molar-refractivity contribution < 1.29 is 13.2 Å². The first-order chi connectivity index (χ1) is 13.8. The number of carbonyl (C=O) groups excluding carboxylic acids is 1. The van der Waals surface area contributed by atoms with Gasteiger partial charge in [0.25, 0.3) is 10.0 Å². The Balaban J connectivity index is 1.64. The fourth-order valence-electron chi connectivity index (χ4n) is 2.35. The zero-order valence-corrected chi connectivity index (χ0v) is 18.7. The maximum atomic E-state index is 12.5. The third-order valence-electron chi connectivity index (χ3n) is 3.80. The quantitative estimate of drug-likeness (QED) is 0.528. The fraction of sp³-hybridized carbons (Fsp3) is 0.167. The highest BCUT2D eigenvalue weighted by atomic mass is 35.5. The minimum atomic E-state index is -3.77. The van der Waals surface area contributed by atoms with E-state index in [1.165, 1.54) is 30.9 Å². The summed E-state index contributed by atoms with van der Waals surface area (Å²) in [5.41, 5.74) is 1.45. The van der Waals surface area contributed by atoms with E-state index in [2.05, 4.69) is 15.3 Å². The fourth-order valence-corrected chi connectivity index (χ4v) is 5.98. The lowest BCUT2D eigenvalue weighted by Crippen LogP contribution is -2.34. The molecule has 0 fully saturated rings. The van der Waals surface area contributed by atoms with Gasteiger partial charge in [-0.25, -0.2) is 18.4 Å². The van der Waals surface area contributed by atoms with Gasteiger partial charge in [0.05, 0.1) is 10.9 Å². The van der Waals surface area contributed by atoms with Crippen molar-refractivity contribution in [2.45, 2.75) is 21.2 Å². The maximum Gasteiger partial charge on any atom is 0.252 e. The van der Waals surface area contributed by atoms with Crippen LogP contribution in [0.3, 0.4) is 0 Å². The SMILES string of the molecule is Cc1cc(Sc2ncccn2)ccc1NC(=O)CN(C)S(=O)(=O)c1ccc(Cl)s1. The Morgan fingerprint density at radius 3 is 2.59 bits per heavy atom. The minimum Gasteiger partial charge on any atom is -0.325 e. The summed E-state index contributed by atoms with van der Waals surface area (Å²) in [6, 6.07) is 10.2. The average molecular weight is 469 g/mol. The first-order valence-corrected chi connectivity index (χ1v) is 11.8. The van der Waals surface area contributed by atoms with Crippen LogP contribution in [-0.4, -0.2) is 42.2 Å². The molecule has 0 spiro atoms. The number of aryl methyl sites for hydroxylation is 1. The molecule has 0 bridgehead atoms. The first-order valence-electron chi connectivity index (χ1n) is 8.33. The number of hydrogen-bond donors (Lipinski definition) is 1. The Labute approximate surface area is 182 Å². The number of carbonyl (C=O) groups is 1. The second kappa shape index (κ2) is 9.23.